The lowest BCUT2D eigenvalue weighted by molar-refractivity contribution is 0.415. The van der Waals surface area contributed by atoms with Gasteiger partial charge in [-0.05, 0) is 74.5 Å². The van der Waals surface area contributed by atoms with Crippen LogP contribution in [-0.2, 0) is 7.05 Å². The zero-order valence-corrected chi connectivity index (χ0v) is 20.2. The minimum absolute atomic E-state index is 0.138. The molecule has 0 aliphatic carbocycles. The monoisotopic (exact) mass is 459 g/mol. The molecule has 1 aliphatic heterocycles. The van der Waals surface area contributed by atoms with Crippen molar-refractivity contribution in [3.8, 4) is 22.9 Å². The number of rotatable bonds is 8. The van der Waals surface area contributed by atoms with Crippen LogP contribution in [0.2, 0.25) is 0 Å². The number of allylic oxidation sites excluding steroid dienone is 5. The van der Waals surface area contributed by atoms with Gasteiger partial charge in [0, 0.05) is 13.6 Å². The molecule has 0 radical (unpaired) electrons. The molecule has 178 valence electrons. The maximum absolute atomic E-state index is 13.6. The molecule has 1 fully saturated rings. The Bertz CT molecular complexity index is 1160. The van der Waals surface area contributed by atoms with Crippen LogP contribution in [0.4, 0.5) is 5.95 Å². The van der Waals surface area contributed by atoms with E-state index in [1.807, 2.05) is 31.2 Å². The molecule has 2 heterocycles. The van der Waals surface area contributed by atoms with Crippen LogP contribution < -0.4 is 20.9 Å². The van der Waals surface area contributed by atoms with Gasteiger partial charge in [-0.15, -0.1) is 0 Å². The van der Waals surface area contributed by atoms with Crippen molar-refractivity contribution in [3.05, 3.63) is 70.7 Å². The van der Waals surface area contributed by atoms with Crippen LogP contribution in [0.5, 0.6) is 5.75 Å². The first kappa shape index (κ1) is 25.0. The highest BCUT2D eigenvalue weighted by Crippen LogP contribution is 2.28. The number of nitriles is 1. The second-order valence-electron chi connectivity index (χ2n) is 8.47. The van der Waals surface area contributed by atoms with Crippen LogP contribution in [0.25, 0.3) is 16.7 Å². The Balaban J connectivity index is 2.06. The summed E-state index contributed by atoms with van der Waals surface area (Å²) in [6.45, 7) is 8.39. The van der Waals surface area contributed by atoms with Gasteiger partial charge in [0.2, 0.25) is 5.95 Å². The number of aromatic nitrogens is 2. The number of nitrogens with zero attached hydrogens (tertiary/aromatic N) is 3. The first-order valence-corrected chi connectivity index (χ1v) is 11.6. The lowest BCUT2D eigenvalue weighted by Crippen LogP contribution is -2.27. The average Bonchev–Trinajstić information content (AvgIpc) is 3.14. The molecule has 1 saturated heterocycles. The molecule has 34 heavy (non-hydrogen) atoms. The van der Waals surface area contributed by atoms with Gasteiger partial charge in [-0.3, -0.25) is 9.36 Å². The van der Waals surface area contributed by atoms with Crippen molar-refractivity contribution in [3.63, 3.8) is 0 Å². The third kappa shape index (κ3) is 6.03. The minimum atomic E-state index is -0.138. The van der Waals surface area contributed by atoms with Crippen LogP contribution >= 0.6 is 0 Å². The number of benzene rings is 1. The summed E-state index contributed by atoms with van der Waals surface area (Å²) >= 11 is 0. The van der Waals surface area contributed by atoms with Crippen molar-refractivity contribution >= 4 is 11.5 Å². The SMILES string of the molecule is C=C/C(C#N)=C\C=C(/C)c1nc(NCC2CCCNCC2)n(C)c(=O)c1-c1ccc(OC)cc1. The Labute approximate surface area is 201 Å². The smallest absolute Gasteiger partial charge is 0.263 e. The van der Waals surface area contributed by atoms with Gasteiger partial charge in [-0.2, -0.15) is 5.26 Å². The van der Waals surface area contributed by atoms with Gasteiger partial charge < -0.3 is 15.4 Å². The predicted octanol–water partition coefficient (Wildman–Crippen LogP) is 4.30. The highest BCUT2D eigenvalue weighted by Gasteiger charge is 2.19. The summed E-state index contributed by atoms with van der Waals surface area (Å²) in [6, 6.07) is 9.47. The summed E-state index contributed by atoms with van der Waals surface area (Å²) in [6.07, 6.45) is 8.38. The zero-order valence-electron chi connectivity index (χ0n) is 20.2. The molecule has 2 aromatic rings. The Morgan fingerprint density at radius 1 is 1.32 bits per heavy atom. The van der Waals surface area contributed by atoms with E-state index in [1.165, 1.54) is 6.08 Å². The highest BCUT2D eigenvalue weighted by atomic mass is 16.5. The van der Waals surface area contributed by atoms with Crippen LogP contribution in [0.3, 0.4) is 0 Å². The van der Waals surface area contributed by atoms with Crippen LogP contribution in [0.1, 0.15) is 31.9 Å². The summed E-state index contributed by atoms with van der Waals surface area (Å²) < 4.78 is 6.85. The van der Waals surface area contributed by atoms with E-state index in [4.69, 9.17) is 9.72 Å². The van der Waals surface area contributed by atoms with E-state index in [-0.39, 0.29) is 5.56 Å². The van der Waals surface area contributed by atoms with Crippen molar-refractivity contribution in [2.24, 2.45) is 13.0 Å². The molecular formula is C27H33N5O2. The molecule has 2 N–H and O–H groups in total. The molecule has 7 nitrogen and oxygen atoms in total. The minimum Gasteiger partial charge on any atom is -0.497 e. The molecule has 1 unspecified atom stereocenters. The van der Waals surface area contributed by atoms with Gasteiger partial charge in [-0.25, -0.2) is 4.98 Å². The molecule has 1 aromatic carbocycles. The number of hydrogen-bond donors (Lipinski definition) is 2. The Kier molecular flexibility index (Phi) is 8.83. The van der Waals surface area contributed by atoms with E-state index in [0.717, 1.165) is 50.0 Å². The van der Waals surface area contributed by atoms with Gasteiger partial charge >= 0.3 is 0 Å². The fourth-order valence-corrected chi connectivity index (χ4v) is 4.04. The summed E-state index contributed by atoms with van der Waals surface area (Å²) in [5, 5.41) is 16.1. The summed E-state index contributed by atoms with van der Waals surface area (Å²) in [4.78, 5) is 18.4. The quantitative estimate of drug-likeness (QED) is 0.452. The van der Waals surface area contributed by atoms with Crippen LogP contribution in [0.15, 0.2) is 59.4 Å². The first-order valence-electron chi connectivity index (χ1n) is 11.6. The number of methoxy groups -OCH3 is 1. The highest BCUT2D eigenvalue weighted by molar-refractivity contribution is 5.79. The van der Waals surface area contributed by atoms with Crippen molar-refractivity contribution in [2.45, 2.75) is 26.2 Å². The Morgan fingerprint density at radius 3 is 2.76 bits per heavy atom. The van der Waals surface area contributed by atoms with Gasteiger partial charge in [0.15, 0.2) is 0 Å². The lowest BCUT2D eigenvalue weighted by atomic mass is 10.00. The van der Waals surface area contributed by atoms with E-state index in [0.29, 0.717) is 34.4 Å². The molecule has 1 atom stereocenters. The molecule has 7 heteroatoms. The first-order chi connectivity index (χ1) is 16.5. The van der Waals surface area contributed by atoms with Crippen molar-refractivity contribution < 1.29 is 4.74 Å². The van der Waals surface area contributed by atoms with E-state index >= 15 is 0 Å². The number of nitrogens with one attached hydrogen (secondary N) is 2. The fourth-order valence-electron chi connectivity index (χ4n) is 4.04. The standard InChI is InChI=1S/C27H33N5O2/c1-5-20(17-28)9-8-19(2)25-24(22-10-12-23(34-4)13-11-22)26(33)32(3)27(31-25)30-18-21-7-6-15-29-16-14-21/h5,8-13,21,29H,1,6-7,14-16,18H2,2-4H3,(H,30,31)/b19-8+,20-9+. The van der Waals surface area contributed by atoms with Crippen molar-refractivity contribution in [1.29, 1.82) is 5.26 Å². The zero-order chi connectivity index (χ0) is 24.5. The molecule has 1 aliphatic rings. The van der Waals surface area contributed by atoms with Gasteiger partial charge in [0.05, 0.1) is 30.0 Å². The second kappa shape index (κ2) is 12.0. The third-order valence-electron chi connectivity index (χ3n) is 6.15. The van der Waals surface area contributed by atoms with Gasteiger partial charge in [-0.1, -0.05) is 30.9 Å². The summed E-state index contributed by atoms with van der Waals surface area (Å²) in [5.41, 5.74) is 2.92. The second-order valence-corrected chi connectivity index (χ2v) is 8.47. The maximum Gasteiger partial charge on any atom is 0.263 e. The van der Waals surface area contributed by atoms with E-state index in [9.17, 15) is 10.1 Å². The van der Waals surface area contributed by atoms with Gasteiger partial charge in [0.25, 0.3) is 5.56 Å². The number of anilines is 1. The number of hydrogen-bond acceptors (Lipinski definition) is 6. The Morgan fingerprint density at radius 2 is 2.09 bits per heavy atom. The van der Waals surface area contributed by atoms with Crippen LogP contribution in [0, 0.1) is 17.2 Å². The Hall–Kier alpha value is -3.63. The molecule has 0 spiro atoms. The van der Waals surface area contributed by atoms with E-state index in [1.54, 1.807) is 30.9 Å². The molecule has 0 bridgehead atoms. The van der Waals surface area contributed by atoms with E-state index in [2.05, 4.69) is 23.3 Å². The normalized spacial score (nSPS) is 16.9. The molecule has 0 saturated carbocycles. The molecule has 1 aromatic heterocycles. The predicted molar refractivity (Wildman–Crippen MR) is 138 cm³/mol. The number of ether oxygens (including phenoxy) is 1. The van der Waals surface area contributed by atoms with Crippen LogP contribution in [-0.4, -0.2) is 36.3 Å². The molecule has 3 rings (SSSR count). The fraction of sp³-hybridized carbons (Fsp3) is 0.370. The third-order valence-corrected chi connectivity index (χ3v) is 6.15. The summed E-state index contributed by atoms with van der Waals surface area (Å²) in [5.74, 6) is 1.78. The van der Waals surface area contributed by atoms with Crippen molar-refractivity contribution in [1.82, 2.24) is 14.9 Å². The maximum atomic E-state index is 13.6. The average molecular weight is 460 g/mol. The van der Waals surface area contributed by atoms with Gasteiger partial charge in [0.1, 0.15) is 5.75 Å². The lowest BCUT2D eigenvalue weighted by Gasteiger charge is -2.19. The molecular weight excluding hydrogens is 426 g/mol. The summed E-state index contributed by atoms with van der Waals surface area (Å²) in [7, 11) is 3.35. The topological polar surface area (TPSA) is 92.0 Å². The largest absolute Gasteiger partial charge is 0.497 e. The van der Waals surface area contributed by atoms with Crippen molar-refractivity contribution in [2.75, 3.05) is 32.1 Å². The van der Waals surface area contributed by atoms with E-state index < -0.39 is 0 Å². The molecule has 0 amide bonds.